The molecule has 1 aromatic carbocycles. The number of hydrogen-bond acceptors (Lipinski definition) is 9. The van der Waals surface area contributed by atoms with Gasteiger partial charge in [0.2, 0.25) is 11.7 Å². The Balaban J connectivity index is 1.73. The van der Waals surface area contributed by atoms with Crippen LogP contribution < -0.4 is 24.8 Å². The molecule has 0 aliphatic carbocycles. The van der Waals surface area contributed by atoms with Gasteiger partial charge in [-0.25, -0.2) is 0 Å². The van der Waals surface area contributed by atoms with E-state index in [1.54, 1.807) is 39.7 Å². The SMILES string of the molecule is COc1cc(Nc2nncc(NCC3CCCO3)n2)cc(OC)c1OC. The van der Waals surface area contributed by atoms with Gasteiger partial charge in [0.15, 0.2) is 17.3 Å². The van der Waals surface area contributed by atoms with Crippen LogP contribution in [0.15, 0.2) is 18.3 Å². The van der Waals surface area contributed by atoms with E-state index in [0.29, 0.717) is 41.2 Å². The first-order chi connectivity index (χ1) is 12.7. The van der Waals surface area contributed by atoms with E-state index < -0.39 is 0 Å². The van der Waals surface area contributed by atoms with Crippen molar-refractivity contribution in [1.82, 2.24) is 15.2 Å². The molecular formula is C17H23N5O4. The minimum atomic E-state index is 0.219. The van der Waals surface area contributed by atoms with Gasteiger partial charge in [0.05, 0.1) is 33.6 Å². The third kappa shape index (κ3) is 4.23. The third-order valence-electron chi connectivity index (χ3n) is 4.01. The van der Waals surface area contributed by atoms with Gasteiger partial charge in [-0.15, -0.1) is 5.10 Å². The molecule has 0 bridgehead atoms. The summed E-state index contributed by atoms with van der Waals surface area (Å²) in [6.07, 6.45) is 3.95. The zero-order valence-electron chi connectivity index (χ0n) is 15.1. The van der Waals surface area contributed by atoms with Crippen LogP contribution in [0.2, 0.25) is 0 Å². The van der Waals surface area contributed by atoms with Crippen molar-refractivity contribution in [3.63, 3.8) is 0 Å². The zero-order chi connectivity index (χ0) is 18.4. The summed E-state index contributed by atoms with van der Waals surface area (Å²) in [7, 11) is 4.69. The molecule has 1 aliphatic rings. The first kappa shape index (κ1) is 18.0. The summed E-state index contributed by atoms with van der Waals surface area (Å²) < 4.78 is 21.6. The number of ether oxygens (including phenoxy) is 4. The molecule has 0 amide bonds. The van der Waals surface area contributed by atoms with E-state index in [2.05, 4.69) is 25.8 Å². The second-order valence-electron chi connectivity index (χ2n) is 5.72. The summed E-state index contributed by atoms with van der Waals surface area (Å²) in [5.74, 6) is 2.58. The largest absolute Gasteiger partial charge is 0.493 e. The number of anilines is 3. The molecule has 2 heterocycles. The summed E-state index contributed by atoms with van der Waals surface area (Å²) in [4.78, 5) is 4.42. The van der Waals surface area contributed by atoms with Crippen LogP contribution in [0.5, 0.6) is 17.2 Å². The van der Waals surface area contributed by atoms with Crippen molar-refractivity contribution >= 4 is 17.5 Å². The van der Waals surface area contributed by atoms with Crippen LogP contribution in [-0.4, -0.2) is 55.8 Å². The summed E-state index contributed by atoms with van der Waals surface area (Å²) in [5.41, 5.74) is 0.692. The van der Waals surface area contributed by atoms with E-state index in [1.165, 1.54) is 0 Å². The summed E-state index contributed by atoms with van der Waals surface area (Å²) in [6, 6.07) is 3.55. The zero-order valence-corrected chi connectivity index (χ0v) is 15.1. The van der Waals surface area contributed by atoms with Crippen molar-refractivity contribution < 1.29 is 18.9 Å². The van der Waals surface area contributed by atoms with Crippen LogP contribution in [0, 0.1) is 0 Å². The van der Waals surface area contributed by atoms with Crippen molar-refractivity contribution in [3.05, 3.63) is 18.3 Å². The molecule has 1 unspecified atom stereocenters. The molecular weight excluding hydrogens is 338 g/mol. The van der Waals surface area contributed by atoms with E-state index in [-0.39, 0.29) is 6.10 Å². The number of aromatic nitrogens is 3. The standard InChI is InChI=1S/C17H23N5O4/c1-23-13-7-11(8-14(24-2)16(13)25-3)20-17-21-15(10-19-22-17)18-9-12-5-4-6-26-12/h7-8,10,12H,4-6,9H2,1-3H3,(H2,18,20,21,22). The lowest BCUT2D eigenvalue weighted by atomic mass is 10.2. The highest BCUT2D eigenvalue weighted by Crippen LogP contribution is 2.40. The fourth-order valence-electron chi connectivity index (χ4n) is 2.75. The summed E-state index contributed by atoms with van der Waals surface area (Å²) in [6.45, 7) is 1.52. The maximum Gasteiger partial charge on any atom is 0.249 e. The molecule has 1 aromatic heterocycles. The lowest BCUT2D eigenvalue weighted by Gasteiger charge is -2.15. The first-order valence-corrected chi connectivity index (χ1v) is 8.35. The second kappa shape index (κ2) is 8.52. The van der Waals surface area contributed by atoms with E-state index >= 15 is 0 Å². The third-order valence-corrected chi connectivity index (χ3v) is 4.01. The molecule has 2 N–H and O–H groups in total. The monoisotopic (exact) mass is 361 g/mol. The Hall–Kier alpha value is -2.81. The Morgan fingerprint density at radius 3 is 2.54 bits per heavy atom. The highest BCUT2D eigenvalue weighted by Gasteiger charge is 2.16. The minimum Gasteiger partial charge on any atom is -0.493 e. The molecule has 1 saturated heterocycles. The minimum absolute atomic E-state index is 0.219. The van der Waals surface area contributed by atoms with Gasteiger partial charge in [-0.3, -0.25) is 0 Å². The Labute approximate surface area is 152 Å². The molecule has 1 fully saturated rings. The van der Waals surface area contributed by atoms with Gasteiger partial charge in [-0.1, -0.05) is 0 Å². The lowest BCUT2D eigenvalue weighted by Crippen LogP contribution is -2.19. The average Bonchev–Trinajstić information content (AvgIpc) is 3.19. The molecule has 3 rings (SSSR count). The van der Waals surface area contributed by atoms with Gasteiger partial charge in [-0.05, 0) is 12.8 Å². The van der Waals surface area contributed by atoms with Crippen LogP contribution in [-0.2, 0) is 4.74 Å². The highest BCUT2D eigenvalue weighted by atomic mass is 16.5. The molecule has 140 valence electrons. The molecule has 9 heteroatoms. The molecule has 1 atom stereocenters. The molecule has 1 aliphatic heterocycles. The molecule has 26 heavy (non-hydrogen) atoms. The van der Waals surface area contributed by atoms with E-state index in [0.717, 1.165) is 19.4 Å². The van der Waals surface area contributed by atoms with Gasteiger partial charge in [-0.2, -0.15) is 10.1 Å². The molecule has 0 spiro atoms. The number of nitrogens with zero attached hydrogens (tertiary/aromatic N) is 3. The fraction of sp³-hybridized carbons (Fsp3) is 0.471. The number of methoxy groups -OCH3 is 3. The van der Waals surface area contributed by atoms with Gasteiger partial charge < -0.3 is 29.6 Å². The Morgan fingerprint density at radius 1 is 1.15 bits per heavy atom. The number of nitrogens with one attached hydrogen (secondary N) is 2. The topological polar surface area (TPSA) is 99.7 Å². The number of rotatable bonds is 8. The van der Waals surface area contributed by atoms with Crippen molar-refractivity contribution in [2.24, 2.45) is 0 Å². The molecule has 0 radical (unpaired) electrons. The van der Waals surface area contributed by atoms with Gasteiger partial charge >= 0.3 is 0 Å². The van der Waals surface area contributed by atoms with Crippen molar-refractivity contribution in [2.75, 3.05) is 45.1 Å². The highest BCUT2D eigenvalue weighted by molar-refractivity contribution is 5.65. The quantitative estimate of drug-likeness (QED) is 0.733. The van der Waals surface area contributed by atoms with Crippen LogP contribution in [0.4, 0.5) is 17.5 Å². The van der Waals surface area contributed by atoms with E-state index in [9.17, 15) is 0 Å². The van der Waals surface area contributed by atoms with Gasteiger partial charge in [0.25, 0.3) is 0 Å². The van der Waals surface area contributed by atoms with Crippen LogP contribution in [0.25, 0.3) is 0 Å². The smallest absolute Gasteiger partial charge is 0.249 e. The average molecular weight is 361 g/mol. The summed E-state index contributed by atoms with van der Waals surface area (Å²) in [5, 5.41) is 14.3. The van der Waals surface area contributed by atoms with Crippen LogP contribution in [0.3, 0.4) is 0 Å². The number of benzene rings is 1. The Bertz CT molecular complexity index is 712. The Kier molecular flexibility index (Phi) is 5.90. The lowest BCUT2D eigenvalue weighted by molar-refractivity contribution is 0.120. The van der Waals surface area contributed by atoms with Crippen molar-refractivity contribution in [1.29, 1.82) is 0 Å². The first-order valence-electron chi connectivity index (χ1n) is 8.35. The molecule has 2 aromatic rings. The van der Waals surface area contributed by atoms with Crippen molar-refractivity contribution in [2.45, 2.75) is 18.9 Å². The molecule has 0 saturated carbocycles. The predicted molar refractivity (Wildman–Crippen MR) is 96.7 cm³/mol. The van der Waals surface area contributed by atoms with Gasteiger partial charge in [0, 0.05) is 31.0 Å². The van der Waals surface area contributed by atoms with E-state index in [1.807, 2.05) is 0 Å². The van der Waals surface area contributed by atoms with Crippen molar-refractivity contribution in [3.8, 4) is 17.2 Å². The normalized spacial score (nSPS) is 16.2. The molecule has 9 nitrogen and oxygen atoms in total. The van der Waals surface area contributed by atoms with E-state index in [4.69, 9.17) is 18.9 Å². The predicted octanol–water partition coefficient (Wildman–Crippen LogP) is 2.23. The maximum atomic E-state index is 5.59. The fourth-order valence-corrected chi connectivity index (χ4v) is 2.75. The second-order valence-corrected chi connectivity index (χ2v) is 5.72. The van der Waals surface area contributed by atoms with Crippen LogP contribution >= 0.6 is 0 Å². The maximum absolute atomic E-state index is 5.59. The van der Waals surface area contributed by atoms with Gasteiger partial charge in [0.1, 0.15) is 0 Å². The summed E-state index contributed by atoms with van der Waals surface area (Å²) >= 11 is 0. The Morgan fingerprint density at radius 2 is 1.92 bits per heavy atom. The number of hydrogen-bond donors (Lipinski definition) is 2. The van der Waals surface area contributed by atoms with Crippen LogP contribution in [0.1, 0.15) is 12.8 Å².